The van der Waals surface area contributed by atoms with Crippen LogP contribution in [0.1, 0.15) is 66.6 Å². The van der Waals surface area contributed by atoms with E-state index >= 15 is 0 Å². The summed E-state index contributed by atoms with van der Waals surface area (Å²) in [6.45, 7) is 8.27. The number of hydrogen-bond acceptors (Lipinski definition) is 5. The SMILES string of the molecule is Cc1cc(OC[C@@H]2CN(C)C3CCCCC3O2)cc(C)c1C(=O)Nc1cc(C(C)(C)C(=O)O)ccc1Cl. The smallest absolute Gasteiger partial charge is 0.313 e. The first-order chi connectivity index (χ1) is 17.5. The molecule has 2 fully saturated rings. The molecule has 2 aliphatic rings. The standard InChI is InChI=1S/C29H37ClN2O5/c1-17-12-20(36-16-21-15-32(5)24-8-6-7-9-25(24)37-21)13-18(2)26(17)27(33)31-23-14-19(10-11-22(23)30)29(3,4)28(34)35/h10-14,21,24-25H,6-9,15-16H2,1-5H3,(H,31,33)(H,34,35)/t21-,24?,25?/m0/s1. The maximum absolute atomic E-state index is 13.2. The van der Waals surface area contributed by atoms with E-state index < -0.39 is 11.4 Å². The number of amides is 1. The van der Waals surface area contributed by atoms with Gasteiger partial charge in [-0.2, -0.15) is 0 Å². The van der Waals surface area contributed by atoms with Gasteiger partial charge in [-0.3, -0.25) is 14.5 Å². The van der Waals surface area contributed by atoms with Gasteiger partial charge in [-0.25, -0.2) is 0 Å². The molecule has 0 aromatic heterocycles. The fourth-order valence-corrected chi connectivity index (χ4v) is 5.62. The van der Waals surface area contributed by atoms with Crippen LogP contribution in [0.15, 0.2) is 30.3 Å². The first kappa shape index (κ1) is 27.4. The van der Waals surface area contributed by atoms with Crippen molar-refractivity contribution in [3.8, 4) is 5.75 Å². The van der Waals surface area contributed by atoms with Crippen molar-refractivity contribution in [3.63, 3.8) is 0 Å². The normalized spacial score (nSPS) is 22.3. The number of rotatable bonds is 7. The van der Waals surface area contributed by atoms with Gasteiger partial charge in [0.15, 0.2) is 0 Å². The molecule has 2 N–H and O–H groups in total. The van der Waals surface area contributed by atoms with Crippen LogP contribution in [-0.4, -0.2) is 60.3 Å². The van der Waals surface area contributed by atoms with Crippen LogP contribution in [0.2, 0.25) is 5.02 Å². The minimum absolute atomic E-state index is 0.0115. The number of halogens is 1. The van der Waals surface area contributed by atoms with Crippen molar-refractivity contribution in [1.29, 1.82) is 0 Å². The van der Waals surface area contributed by atoms with Gasteiger partial charge in [0, 0.05) is 18.2 Å². The number of fused-ring (bicyclic) bond motifs is 1. The number of nitrogens with one attached hydrogen (secondary N) is 1. The molecule has 1 heterocycles. The Bertz CT molecular complexity index is 1160. The summed E-state index contributed by atoms with van der Waals surface area (Å²) in [5.41, 5.74) is 1.89. The van der Waals surface area contributed by atoms with Gasteiger partial charge in [-0.05, 0) is 88.5 Å². The van der Waals surface area contributed by atoms with Gasteiger partial charge in [0.05, 0.1) is 22.2 Å². The average Bonchev–Trinajstić information content (AvgIpc) is 2.83. The molecule has 0 radical (unpaired) electrons. The molecule has 8 heteroatoms. The fourth-order valence-electron chi connectivity index (χ4n) is 5.45. The second kappa shape index (κ2) is 11.0. The third kappa shape index (κ3) is 5.95. The molecule has 1 amide bonds. The predicted molar refractivity (Wildman–Crippen MR) is 145 cm³/mol. The fraction of sp³-hybridized carbons (Fsp3) is 0.517. The molecule has 1 saturated heterocycles. The van der Waals surface area contributed by atoms with Crippen LogP contribution in [0.4, 0.5) is 5.69 Å². The number of hydrogen-bond donors (Lipinski definition) is 2. The van der Waals surface area contributed by atoms with E-state index in [1.165, 1.54) is 19.3 Å². The lowest BCUT2D eigenvalue weighted by Gasteiger charge is -2.45. The van der Waals surface area contributed by atoms with Crippen LogP contribution in [-0.2, 0) is 14.9 Å². The van der Waals surface area contributed by atoms with Crippen LogP contribution in [0.3, 0.4) is 0 Å². The highest BCUT2D eigenvalue weighted by Gasteiger charge is 2.36. The monoisotopic (exact) mass is 528 g/mol. The largest absolute Gasteiger partial charge is 0.491 e. The maximum atomic E-state index is 13.2. The third-order valence-electron chi connectivity index (χ3n) is 7.73. The van der Waals surface area contributed by atoms with Gasteiger partial charge < -0.3 is 19.9 Å². The Morgan fingerprint density at radius 2 is 1.84 bits per heavy atom. The van der Waals surface area contributed by atoms with E-state index in [1.54, 1.807) is 32.0 Å². The van der Waals surface area contributed by atoms with Crippen molar-refractivity contribution in [2.45, 2.75) is 77.0 Å². The number of anilines is 1. The zero-order chi connectivity index (χ0) is 26.9. The lowest BCUT2D eigenvalue weighted by molar-refractivity contribution is -0.142. The number of likely N-dealkylation sites (N-methyl/N-ethyl adjacent to an activating group) is 1. The molecule has 7 nitrogen and oxygen atoms in total. The lowest BCUT2D eigenvalue weighted by Crippen LogP contribution is -2.55. The van der Waals surface area contributed by atoms with E-state index in [0.717, 1.165) is 24.1 Å². The molecular formula is C29H37ClN2O5. The number of aryl methyl sites for hydroxylation is 2. The second-order valence-corrected chi connectivity index (χ2v) is 11.3. The second-order valence-electron chi connectivity index (χ2n) is 10.9. The molecule has 1 aliphatic heterocycles. The van der Waals surface area contributed by atoms with Crippen molar-refractivity contribution in [2.75, 3.05) is 25.5 Å². The van der Waals surface area contributed by atoms with E-state index in [9.17, 15) is 14.7 Å². The van der Waals surface area contributed by atoms with E-state index in [2.05, 4.69) is 17.3 Å². The Morgan fingerprint density at radius 3 is 2.51 bits per heavy atom. The van der Waals surface area contributed by atoms with Crippen LogP contribution >= 0.6 is 11.6 Å². The zero-order valence-electron chi connectivity index (χ0n) is 22.3. The van der Waals surface area contributed by atoms with E-state index in [1.807, 2.05) is 26.0 Å². The molecule has 0 spiro atoms. The number of aliphatic carboxylic acids is 1. The quantitative estimate of drug-likeness (QED) is 0.487. The molecule has 1 saturated carbocycles. The maximum Gasteiger partial charge on any atom is 0.313 e. The topological polar surface area (TPSA) is 88.1 Å². The average molecular weight is 529 g/mol. The van der Waals surface area contributed by atoms with Crippen molar-refractivity contribution in [2.24, 2.45) is 0 Å². The minimum Gasteiger partial charge on any atom is -0.491 e. The summed E-state index contributed by atoms with van der Waals surface area (Å²) >= 11 is 6.33. The van der Waals surface area contributed by atoms with Crippen LogP contribution in [0, 0.1) is 13.8 Å². The van der Waals surface area contributed by atoms with Gasteiger partial charge in [-0.1, -0.05) is 30.5 Å². The molecule has 2 aromatic carbocycles. The van der Waals surface area contributed by atoms with Crippen LogP contribution in [0.5, 0.6) is 5.75 Å². The molecule has 2 unspecified atom stereocenters. The van der Waals surface area contributed by atoms with Gasteiger partial charge in [0.25, 0.3) is 5.91 Å². The van der Waals surface area contributed by atoms with Crippen molar-refractivity contribution >= 4 is 29.2 Å². The number of carboxylic acids is 1. The first-order valence-electron chi connectivity index (χ1n) is 12.9. The molecule has 1 aliphatic carbocycles. The van der Waals surface area contributed by atoms with E-state index in [4.69, 9.17) is 21.1 Å². The van der Waals surface area contributed by atoms with E-state index in [-0.39, 0.29) is 18.1 Å². The van der Waals surface area contributed by atoms with Gasteiger partial charge >= 0.3 is 5.97 Å². The summed E-state index contributed by atoms with van der Waals surface area (Å²) < 4.78 is 12.5. The van der Waals surface area contributed by atoms with Gasteiger partial charge in [0.1, 0.15) is 18.5 Å². The summed E-state index contributed by atoms with van der Waals surface area (Å²) in [7, 11) is 2.17. The number of nitrogens with zero attached hydrogens (tertiary/aromatic N) is 1. The summed E-state index contributed by atoms with van der Waals surface area (Å²) in [5.74, 6) is -0.570. The Morgan fingerprint density at radius 1 is 1.16 bits per heavy atom. The highest BCUT2D eigenvalue weighted by molar-refractivity contribution is 6.34. The third-order valence-corrected chi connectivity index (χ3v) is 8.06. The zero-order valence-corrected chi connectivity index (χ0v) is 23.0. The van der Waals surface area contributed by atoms with E-state index in [0.29, 0.717) is 40.2 Å². The summed E-state index contributed by atoms with van der Waals surface area (Å²) in [6, 6.07) is 9.13. The minimum atomic E-state index is -1.12. The molecule has 3 atom stereocenters. The Labute approximate surface area is 224 Å². The number of carboxylic acid groups (broad SMARTS) is 1. The number of carbonyl (C=O) groups excluding carboxylic acids is 1. The molecule has 0 bridgehead atoms. The van der Waals surface area contributed by atoms with Crippen LogP contribution in [0.25, 0.3) is 0 Å². The molecular weight excluding hydrogens is 492 g/mol. The Balaban J connectivity index is 1.44. The van der Waals surface area contributed by atoms with Crippen molar-refractivity contribution < 1.29 is 24.2 Å². The summed E-state index contributed by atoms with van der Waals surface area (Å²) in [5, 5.41) is 12.8. The number of benzene rings is 2. The highest BCUT2D eigenvalue weighted by atomic mass is 35.5. The molecule has 2 aromatic rings. The predicted octanol–water partition coefficient (Wildman–Crippen LogP) is 5.59. The molecule has 4 rings (SSSR count). The van der Waals surface area contributed by atoms with Crippen molar-refractivity contribution in [3.05, 3.63) is 57.6 Å². The Kier molecular flexibility index (Phi) is 8.17. The Hall–Kier alpha value is -2.61. The number of carbonyl (C=O) groups is 2. The number of ether oxygens (including phenoxy) is 2. The van der Waals surface area contributed by atoms with Gasteiger partial charge in [0.2, 0.25) is 0 Å². The number of morpholine rings is 1. The molecule has 200 valence electrons. The molecule has 37 heavy (non-hydrogen) atoms. The lowest BCUT2D eigenvalue weighted by atomic mass is 9.84. The van der Waals surface area contributed by atoms with Crippen LogP contribution < -0.4 is 10.1 Å². The summed E-state index contributed by atoms with van der Waals surface area (Å²) in [4.78, 5) is 27.3. The van der Waals surface area contributed by atoms with Crippen molar-refractivity contribution in [1.82, 2.24) is 4.90 Å². The summed E-state index contributed by atoms with van der Waals surface area (Å²) in [6.07, 6.45) is 5.08. The van der Waals surface area contributed by atoms with Gasteiger partial charge in [-0.15, -0.1) is 0 Å². The highest BCUT2D eigenvalue weighted by Crippen LogP contribution is 2.32. The first-order valence-corrected chi connectivity index (χ1v) is 13.3.